The van der Waals surface area contributed by atoms with Gasteiger partial charge in [-0.1, -0.05) is 6.58 Å². The van der Waals surface area contributed by atoms with Gasteiger partial charge in [0.15, 0.2) is 0 Å². The lowest BCUT2D eigenvalue weighted by Gasteiger charge is -2.11. The van der Waals surface area contributed by atoms with E-state index in [9.17, 15) is 9.59 Å². The fourth-order valence-corrected chi connectivity index (χ4v) is 1.63. The van der Waals surface area contributed by atoms with Crippen molar-refractivity contribution in [2.45, 2.75) is 32.0 Å². The first-order valence-electron chi connectivity index (χ1n) is 5.57. The Hall–Kier alpha value is -1.95. The third-order valence-electron chi connectivity index (χ3n) is 2.54. The van der Waals surface area contributed by atoms with E-state index in [0.717, 1.165) is 6.42 Å². The van der Waals surface area contributed by atoms with Crippen LogP contribution in [0.4, 0.5) is 0 Å². The Bertz CT molecular complexity index is 415. The highest BCUT2D eigenvalue weighted by Crippen LogP contribution is 2.19. The highest BCUT2D eigenvalue weighted by atomic mass is 16.5. The third-order valence-corrected chi connectivity index (χ3v) is 2.54. The second-order valence-corrected chi connectivity index (χ2v) is 4.08. The van der Waals surface area contributed by atoms with E-state index in [1.165, 1.54) is 6.08 Å². The lowest BCUT2D eigenvalue weighted by Crippen LogP contribution is -2.33. The molecule has 1 aliphatic heterocycles. The summed E-state index contributed by atoms with van der Waals surface area (Å²) < 4.78 is 5.40. The molecule has 1 aliphatic rings. The molecule has 1 fully saturated rings. The molecule has 2 atom stereocenters. The molecule has 0 spiro atoms. The summed E-state index contributed by atoms with van der Waals surface area (Å²) >= 11 is 0. The first-order valence-corrected chi connectivity index (χ1v) is 5.57. The van der Waals surface area contributed by atoms with Crippen LogP contribution in [0.25, 0.3) is 0 Å². The molecule has 0 aliphatic carbocycles. The van der Waals surface area contributed by atoms with Gasteiger partial charge in [0.25, 0.3) is 11.8 Å². The molecule has 6 nitrogen and oxygen atoms in total. The van der Waals surface area contributed by atoms with Crippen LogP contribution in [0.15, 0.2) is 29.0 Å². The molecule has 98 valence electrons. The number of carbonyl (C=O) groups excluding carboxylic acids is 2. The van der Waals surface area contributed by atoms with Crippen LogP contribution in [-0.4, -0.2) is 30.7 Å². The number of allylic oxidation sites excluding steroid dienone is 1. The SMILES string of the molecule is C=N/C(=C\C(=C)NC(=O)C1CCC(C)O1)C(N)=O. The molecule has 0 aromatic carbocycles. The van der Waals surface area contributed by atoms with Crippen LogP contribution in [0, 0.1) is 0 Å². The summed E-state index contributed by atoms with van der Waals surface area (Å²) in [5.41, 5.74) is 5.22. The van der Waals surface area contributed by atoms with Crippen LogP contribution >= 0.6 is 0 Å². The number of nitrogens with two attached hydrogens (primary N) is 1. The van der Waals surface area contributed by atoms with Gasteiger partial charge in [0.05, 0.1) is 6.10 Å². The maximum atomic E-state index is 11.8. The van der Waals surface area contributed by atoms with Crippen molar-refractivity contribution in [1.82, 2.24) is 5.32 Å². The van der Waals surface area contributed by atoms with E-state index in [1.807, 2.05) is 6.92 Å². The van der Waals surface area contributed by atoms with E-state index in [-0.39, 0.29) is 23.4 Å². The minimum Gasteiger partial charge on any atom is -0.365 e. The Kier molecular flexibility index (Phi) is 4.79. The van der Waals surface area contributed by atoms with Crippen LogP contribution in [0.5, 0.6) is 0 Å². The molecule has 2 unspecified atom stereocenters. The lowest BCUT2D eigenvalue weighted by atomic mass is 10.2. The molecular weight excluding hydrogens is 234 g/mol. The molecule has 0 saturated carbocycles. The number of hydrogen-bond donors (Lipinski definition) is 2. The average molecular weight is 251 g/mol. The molecule has 1 saturated heterocycles. The predicted molar refractivity (Wildman–Crippen MR) is 67.7 cm³/mol. The van der Waals surface area contributed by atoms with Crippen molar-refractivity contribution in [3.63, 3.8) is 0 Å². The van der Waals surface area contributed by atoms with Gasteiger partial charge < -0.3 is 15.8 Å². The van der Waals surface area contributed by atoms with E-state index in [1.54, 1.807) is 0 Å². The summed E-state index contributed by atoms with van der Waals surface area (Å²) in [4.78, 5) is 26.1. The highest BCUT2D eigenvalue weighted by Gasteiger charge is 2.28. The van der Waals surface area contributed by atoms with Gasteiger partial charge in [-0.05, 0) is 32.6 Å². The van der Waals surface area contributed by atoms with Crippen LogP contribution < -0.4 is 11.1 Å². The fraction of sp³-hybridized carbons (Fsp3) is 0.417. The quantitative estimate of drug-likeness (QED) is 0.417. The van der Waals surface area contributed by atoms with E-state index >= 15 is 0 Å². The zero-order valence-corrected chi connectivity index (χ0v) is 10.3. The number of primary amides is 1. The zero-order chi connectivity index (χ0) is 13.7. The number of carbonyl (C=O) groups is 2. The topological polar surface area (TPSA) is 93.8 Å². The van der Waals surface area contributed by atoms with Crippen molar-refractivity contribution in [2.75, 3.05) is 0 Å². The lowest BCUT2D eigenvalue weighted by molar-refractivity contribution is -0.130. The molecule has 0 radical (unpaired) electrons. The number of amides is 2. The molecule has 18 heavy (non-hydrogen) atoms. The van der Waals surface area contributed by atoms with Gasteiger partial charge in [-0.3, -0.25) is 14.6 Å². The van der Waals surface area contributed by atoms with E-state index in [0.29, 0.717) is 6.42 Å². The summed E-state index contributed by atoms with van der Waals surface area (Å²) in [6.45, 7) is 8.71. The van der Waals surface area contributed by atoms with Gasteiger partial charge in [-0.2, -0.15) is 0 Å². The second-order valence-electron chi connectivity index (χ2n) is 4.08. The van der Waals surface area contributed by atoms with Gasteiger partial charge in [0, 0.05) is 5.70 Å². The molecule has 2 amide bonds. The van der Waals surface area contributed by atoms with Gasteiger partial charge in [0.1, 0.15) is 11.8 Å². The van der Waals surface area contributed by atoms with Gasteiger partial charge in [-0.15, -0.1) is 0 Å². The van der Waals surface area contributed by atoms with Crippen molar-refractivity contribution in [2.24, 2.45) is 10.7 Å². The van der Waals surface area contributed by atoms with Gasteiger partial charge in [-0.25, -0.2) is 0 Å². The van der Waals surface area contributed by atoms with E-state index in [4.69, 9.17) is 10.5 Å². The maximum Gasteiger partial charge on any atom is 0.267 e. The van der Waals surface area contributed by atoms with Gasteiger partial charge >= 0.3 is 0 Å². The first-order chi connectivity index (χ1) is 8.43. The molecule has 0 bridgehead atoms. The van der Waals surface area contributed by atoms with Crippen molar-refractivity contribution in [1.29, 1.82) is 0 Å². The standard InChI is InChI=1S/C12H17N3O3/c1-7(6-9(14-3)11(13)16)15-12(17)10-5-4-8(2)18-10/h6,8,10H,1,3-5H2,2H3,(H2,13,16)(H,15,17)/b9-6-. The molecule has 1 rings (SSSR count). The monoisotopic (exact) mass is 251 g/mol. The van der Waals surface area contributed by atoms with Crippen molar-refractivity contribution in [3.05, 3.63) is 24.0 Å². The summed E-state index contributed by atoms with van der Waals surface area (Å²) in [5.74, 6) is -1.01. The molecule has 0 aromatic heterocycles. The van der Waals surface area contributed by atoms with Crippen molar-refractivity contribution >= 4 is 18.5 Å². The van der Waals surface area contributed by atoms with Crippen LogP contribution in [0.2, 0.25) is 0 Å². The number of nitrogens with one attached hydrogen (secondary N) is 1. The second kappa shape index (κ2) is 6.11. The minimum atomic E-state index is -0.730. The zero-order valence-electron chi connectivity index (χ0n) is 10.3. The summed E-state index contributed by atoms with van der Waals surface area (Å²) in [6.07, 6.45) is 2.40. The Labute approximate surface area is 106 Å². The van der Waals surface area contributed by atoms with E-state index in [2.05, 4.69) is 23.6 Å². The number of aliphatic imine (C=N–C) groups is 1. The molecular formula is C12H17N3O3. The average Bonchev–Trinajstić information content (AvgIpc) is 2.72. The molecule has 3 N–H and O–H groups in total. The van der Waals surface area contributed by atoms with Crippen LogP contribution in [0.3, 0.4) is 0 Å². The summed E-state index contributed by atoms with van der Waals surface area (Å²) in [5, 5.41) is 2.53. The normalized spacial score (nSPS) is 23.5. The Balaban J connectivity index is 2.57. The van der Waals surface area contributed by atoms with Gasteiger partial charge in [0.2, 0.25) is 0 Å². The molecule has 1 heterocycles. The number of rotatable bonds is 5. The van der Waals surface area contributed by atoms with E-state index < -0.39 is 12.0 Å². The van der Waals surface area contributed by atoms with Crippen LogP contribution in [-0.2, 0) is 14.3 Å². The number of hydrogen-bond acceptors (Lipinski definition) is 4. The predicted octanol–water partition coefficient (Wildman–Crippen LogP) is 0.254. The van der Waals surface area contributed by atoms with Crippen molar-refractivity contribution < 1.29 is 14.3 Å². The number of nitrogens with zero attached hydrogens (tertiary/aromatic N) is 1. The van der Waals surface area contributed by atoms with Crippen molar-refractivity contribution in [3.8, 4) is 0 Å². The summed E-state index contributed by atoms with van der Waals surface area (Å²) in [7, 11) is 0. The largest absolute Gasteiger partial charge is 0.365 e. The Morgan fingerprint density at radius 1 is 1.50 bits per heavy atom. The smallest absolute Gasteiger partial charge is 0.267 e. The third kappa shape index (κ3) is 3.81. The summed E-state index contributed by atoms with van der Waals surface area (Å²) in [6, 6.07) is 0. The molecule has 6 heteroatoms. The number of ether oxygens (including phenoxy) is 1. The Morgan fingerprint density at radius 2 is 2.17 bits per heavy atom. The fourth-order valence-electron chi connectivity index (χ4n) is 1.63. The Morgan fingerprint density at radius 3 is 2.61 bits per heavy atom. The minimum absolute atomic E-state index is 0.0546. The maximum absolute atomic E-state index is 11.8. The molecule has 0 aromatic rings. The first kappa shape index (κ1) is 14.1. The van der Waals surface area contributed by atoms with Crippen LogP contribution in [0.1, 0.15) is 19.8 Å². The highest BCUT2D eigenvalue weighted by molar-refractivity contribution is 5.93.